The lowest BCUT2D eigenvalue weighted by molar-refractivity contribution is -0.110. The first-order valence-corrected chi connectivity index (χ1v) is 5.02. The number of carbonyl (C=O) groups excluding carboxylic acids is 1. The molecule has 1 amide bonds. The molecule has 1 aliphatic rings. The molecule has 1 unspecified atom stereocenters. The van der Waals surface area contributed by atoms with E-state index in [-0.39, 0.29) is 0 Å². The van der Waals surface area contributed by atoms with Gasteiger partial charge in [-0.1, -0.05) is 32.1 Å². The highest BCUT2D eigenvalue weighted by molar-refractivity contribution is 5.46. The monoisotopic (exact) mass is 169 g/mol. The van der Waals surface area contributed by atoms with Crippen molar-refractivity contribution < 1.29 is 4.79 Å². The van der Waals surface area contributed by atoms with E-state index in [0.717, 1.165) is 12.3 Å². The smallest absolute Gasteiger partial charge is 0.207 e. The summed E-state index contributed by atoms with van der Waals surface area (Å²) in [5.74, 6) is 0.862. The Balaban J connectivity index is 2.15. The summed E-state index contributed by atoms with van der Waals surface area (Å²) in [5, 5.41) is 2.81. The van der Waals surface area contributed by atoms with Crippen LogP contribution in [-0.4, -0.2) is 12.5 Å². The fourth-order valence-corrected chi connectivity index (χ4v) is 2.11. The quantitative estimate of drug-likeness (QED) is 0.641. The first-order chi connectivity index (χ1) is 5.83. The van der Waals surface area contributed by atoms with Gasteiger partial charge in [0.25, 0.3) is 0 Å². The van der Waals surface area contributed by atoms with Gasteiger partial charge < -0.3 is 5.32 Å². The van der Waals surface area contributed by atoms with E-state index in [2.05, 4.69) is 12.2 Å². The van der Waals surface area contributed by atoms with Gasteiger partial charge in [0.2, 0.25) is 6.41 Å². The van der Waals surface area contributed by atoms with Crippen molar-refractivity contribution in [2.75, 3.05) is 0 Å². The topological polar surface area (TPSA) is 29.1 Å². The molecular formula is C10H19NO. The Morgan fingerprint density at radius 2 is 2.08 bits per heavy atom. The van der Waals surface area contributed by atoms with E-state index >= 15 is 0 Å². The third kappa shape index (κ3) is 3.24. The predicted molar refractivity (Wildman–Crippen MR) is 49.9 cm³/mol. The molecule has 2 heteroatoms. The molecule has 0 radical (unpaired) electrons. The van der Waals surface area contributed by atoms with E-state index in [1.807, 2.05) is 0 Å². The Labute approximate surface area is 74.7 Å². The van der Waals surface area contributed by atoms with Gasteiger partial charge in [-0.2, -0.15) is 0 Å². The zero-order valence-corrected chi connectivity index (χ0v) is 7.88. The molecule has 70 valence electrons. The maximum absolute atomic E-state index is 10.1. The SMILES string of the molecule is CC(CC1CCCCC1)NC=O. The minimum Gasteiger partial charge on any atom is -0.356 e. The second kappa shape index (κ2) is 5.18. The van der Waals surface area contributed by atoms with Crippen LogP contribution in [-0.2, 0) is 4.79 Å². The molecule has 0 aliphatic heterocycles. The van der Waals surface area contributed by atoms with Crippen molar-refractivity contribution in [3.63, 3.8) is 0 Å². The second-order valence-electron chi connectivity index (χ2n) is 3.93. The van der Waals surface area contributed by atoms with E-state index in [4.69, 9.17) is 0 Å². The number of rotatable bonds is 4. The average molecular weight is 169 g/mol. The summed E-state index contributed by atoms with van der Waals surface area (Å²) in [6.45, 7) is 2.09. The summed E-state index contributed by atoms with van der Waals surface area (Å²) in [6, 6.07) is 0.366. The molecule has 0 bridgehead atoms. The largest absolute Gasteiger partial charge is 0.356 e. The summed E-state index contributed by atoms with van der Waals surface area (Å²) >= 11 is 0. The van der Waals surface area contributed by atoms with Crippen LogP contribution in [0.15, 0.2) is 0 Å². The minimum atomic E-state index is 0.366. The Bertz CT molecular complexity index is 130. The molecule has 0 heterocycles. The number of amides is 1. The number of hydrogen-bond acceptors (Lipinski definition) is 1. The van der Waals surface area contributed by atoms with Crippen LogP contribution >= 0.6 is 0 Å². The molecule has 1 saturated carbocycles. The molecule has 1 N–H and O–H groups in total. The average Bonchev–Trinajstić information content (AvgIpc) is 2.06. The molecule has 1 fully saturated rings. The first-order valence-electron chi connectivity index (χ1n) is 5.02. The Hall–Kier alpha value is -0.530. The summed E-state index contributed by atoms with van der Waals surface area (Å²) < 4.78 is 0. The standard InChI is InChI=1S/C10H19NO/c1-9(11-8-12)7-10-5-3-2-4-6-10/h8-10H,2-7H2,1H3,(H,11,12). The zero-order chi connectivity index (χ0) is 8.81. The van der Waals surface area contributed by atoms with Crippen LogP contribution in [0.4, 0.5) is 0 Å². The van der Waals surface area contributed by atoms with Crippen LogP contribution in [0, 0.1) is 5.92 Å². The Kier molecular flexibility index (Phi) is 4.12. The third-order valence-electron chi connectivity index (χ3n) is 2.76. The second-order valence-corrected chi connectivity index (χ2v) is 3.93. The molecular weight excluding hydrogens is 150 g/mol. The lowest BCUT2D eigenvalue weighted by Crippen LogP contribution is -2.27. The highest BCUT2D eigenvalue weighted by atomic mass is 16.1. The maximum Gasteiger partial charge on any atom is 0.207 e. The van der Waals surface area contributed by atoms with Gasteiger partial charge in [-0.3, -0.25) is 4.79 Å². The van der Waals surface area contributed by atoms with Crippen LogP contribution in [0.5, 0.6) is 0 Å². The molecule has 12 heavy (non-hydrogen) atoms. The van der Waals surface area contributed by atoms with Crippen LogP contribution < -0.4 is 5.32 Å². The van der Waals surface area contributed by atoms with Gasteiger partial charge in [0.15, 0.2) is 0 Å². The van der Waals surface area contributed by atoms with E-state index < -0.39 is 0 Å². The van der Waals surface area contributed by atoms with Crippen molar-refractivity contribution in [3.8, 4) is 0 Å². The van der Waals surface area contributed by atoms with Crippen molar-refractivity contribution >= 4 is 6.41 Å². The third-order valence-corrected chi connectivity index (χ3v) is 2.76. The zero-order valence-electron chi connectivity index (χ0n) is 7.88. The van der Waals surface area contributed by atoms with Crippen molar-refractivity contribution in [1.29, 1.82) is 0 Å². The van der Waals surface area contributed by atoms with Gasteiger partial charge in [0.1, 0.15) is 0 Å². The van der Waals surface area contributed by atoms with Gasteiger partial charge in [-0.05, 0) is 19.3 Å². The fourth-order valence-electron chi connectivity index (χ4n) is 2.11. The van der Waals surface area contributed by atoms with Gasteiger partial charge in [0.05, 0.1) is 0 Å². The molecule has 2 nitrogen and oxygen atoms in total. The number of carbonyl (C=O) groups is 1. The lowest BCUT2D eigenvalue weighted by atomic mass is 9.85. The van der Waals surface area contributed by atoms with Crippen LogP contribution in [0.2, 0.25) is 0 Å². The van der Waals surface area contributed by atoms with E-state index in [1.54, 1.807) is 0 Å². The Morgan fingerprint density at radius 1 is 1.42 bits per heavy atom. The first kappa shape index (κ1) is 9.56. The van der Waals surface area contributed by atoms with Crippen LogP contribution in [0.3, 0.4) is 0 Å². The van der Waals surface area contributed by atoms with Gasteiger partial charge >= 0.3 is 0 Å². The highest BCUT2D eigenvalue weighted by Gasteiger charge is 2.15. The van der Waals surface area contributed by atoms with E-state index in [1.165, 1.54) is 38.5 Å². The summed E-state index contributed by atoms with van der Waals surface area (Å²) in [5.41, 5.74) is 0. The van der Waals surface area contributed by atoms with Crippen molar-refractivity contribution in [3.05, 3.63) is 0 Å². The van der Waals surface area contributed by atoms with Gasteiger partial charge in [-0.25, -0.2) is 0 Å². The lowest BCUT2D eigenvalue weighted by Gasteiger charge is -2.24. The maximum atomic E-state index is 10.1. The van der Waals surface area contributed by atoms with Gasteiger partial charge in [-0.15, -0.1) is 0 Å². The van der Waals surface area contributed by atoms with Crippen molar-refractivity contribution in [2.24, 2.45) is 5.92 Å². The van der Waals surface area contributed by atoms with Crippen LogP contribution in [0.1, 0.15) is 45.4 Å². The summed E-state index contributed by atoms with van der Waals surface area (Å²) in [6.07, 6.45) is 8.89. The molecule has 0 aromatic rings. The van der Waals surface area contributed by atoms with Crippen molar-refractivity contribution in [1.82, 2.24) is 5.32 Å². The molecule has 0 spiro atoms. The van der Waals surface area contributed by atoms with Crippen LogP contribution in [0.25, 0.3) is 0 Å². The Morgan fingerprint density at radius 3 is 2.67 bits per heavy atom. The fraction of sp³-hybridized carbons (Fsp3) is 0.900. The number of hydrogen-bond donors (Lipinski definition) is 1. The predicted octanol–water partition coefficient (Wildman–Crippen LogP) is 2.09. The van der Waals surface area contributed by atoms with E-state index in [0.29, 0.717) is 6.04 Å². The summed E-state index contributed by atoms with van der Waals surface area (Å²) in [7, 11) is 0. The molecule has 0 aromatic carbocycles. The molecule has 0 saturated heterocycles. The summed E-state index contributed by atoms with van der Waals surface area (Å²) in [4.78, 5) is 10.1. The molecule has 1 rings (SSSR count). The van der Waals surface area contributed by atoms with E-state index in [9.17, 15) is 4.79 Å². The van der Waals surface area contributed by atoms with Gasteiger partial charge in [0, 0.05) is 6.04 Å². The highest BCUT2D eigenvalue weighted by Crippen LogP contribution is 2.26. The van der Waals surface area contributed by atoms with Crippen molar-refractivity contribution in [2.45, 2.75) is 51.5 Å². The number of nitrogens with one attached hydrogen (secondary N) is 1. The molecule has 0 aromatic heterocycles. The minimum absolute atomic E-state index is 0.366. The molecule has 1 aliphatic carbocycles. The normalized spacial score (nSPS) is 21.8. The molecule has 1 atom stereocenters.